The Kier molecular flexibility index (Phi) is 11.5. The molecule has 0 bridgehead atoms. The third-order valence-electron chi connectivity index (χ3n) is 7.62. The minimum atomic E-state index is -4.55. The van der Waals surface area contributed by atoms with Gasteiger partial charge in [-0.25, -0.2) is 9.18 Å². The van der Waals surface area contributed by atoms with Crippen molar-refractivity contribution in [2.45, 2.75) is 70.6 Å². The van der Waals surface area contributed by atoms with Crippen LogP contribution >= 0.6 is 0 Å². The lowest BCUT2D eigenvalue weighted by Crippen LogP contribution is -2.23. The number of H-pyrrole nitrogens is 1. The highest BCUT2D eigenvalue weighted by Crippen LogP contribution is 2.34. The summed E-state index contributed by atoms with van der Waals surface area (Å²) in [5.74, 6) is 0.572. The Balaban J connectivity index is 1.58. The van der Waals surface area contributed by atoms with E-state index in [2.05, 4.69) is 27.2 Å². The number of aliphatic imine (C=N–C) groups is 1. The molecule has 0 aliphatic rings. The molecule has 2 atom stereocenters. The number of amidine groups is 1. The van der Waals surface area contributed by atoms with E-state index < -0.39 is 30.1 Å². The zero-order valence-electron chi connectivity index (χ0n) is 25.6. The van der Waals surface area contributed by atoms with Gasteiger partial charge in [-0.2, -0.15) is 18.2 Å². The molecule has 0 spiro atoms. The van der Waals surface area contributed by atoms with E-state index in [1.54, 1.807) is 25.3 Å². The van der Waals surface area contributed by atoms with Gasteiger partial charge in [-0.3, -0.25) is 9.56 Å². The van der Waals surface area contributed by atoms with Crippen LogP contribution in [0.5, 0.6) is 0 Å². The van der Waals surface area contributed by atoms with E-state index >= 15 is 0 Å². The van der Waals surface area contributed by atoms with Crippen LogP contribution in [0.2, 0.25) is 0 Å². The summed E-state index contributed by atoms with van der Waals surface area (Å²) >= 11 is 0. The quantitative estimate of drug-likeness (QED) is 0.0539. The number of alkyl halides is 4. The van der Waals surface area contributed by atoms with Crippen molar-refractivity contribution < 1.29 is 17.6 Å². The van der Waals surface area contributed by atoms with Crippen molar-refractivity contribution in [2.24, 2.45) is 16.5 Å². The van der Waals surface area contributed by atoms with Crippen molar-refractivity contribution in [3.63, 3.8) is 0 Å². The molecule has 12 heteroatoms. The lowest BCUT2D eigenvalue weighted by molar-refractivity contribution is -0.137. The fraction of sp³-hybridized carbons (Fsp3) is 0.424. The number of halogens is 4. The zero-order chi connectivity index (χ0) is 32.6. The van der Waals surface area contributed by atoms with Crippen LogP contribution in [0, 0.1) is 0 Å². The first-order valence-corrected chi connectivity index (χ1v) is 15.2. The van der Waals surface area contributed by atoms with Gasteiger partial charge in [-0.05, 0) is 98.7 Å². The minimum Gasteiger partial charge on any atom is -0.388 e. The molecule has 4 aromatic rings. The number of fused-ring (bicyclic) bond motifs is 1. The van der Waals surface area contributed by atoms with E-state index in [0.717, 1.165) is 43.5 Å². The number of nitrogens with two attached hydrogens (primary N) is 2. The van der Waals surface area contributed by atoms with Gasteiger partial charge < -0.3 is 21.8 Å². The molecule has 2 aromatic carbocycles. The van der Waals surface area contributed by atoms with Gasteiger partial charge in [0.2, 0.25) is 0 Å². The van der Waals surface area contributed by atoms with Gasteiger partial charge in [0.15, 0.2) is 0 Å². The number of nitrogens with zero attached hydrogens (tertiary/aromatic N) is 3. The molecule has 242 valence electrons. The average molecular weight is 628 g/mol. The second-order valence-corrected chi connectivity index (χ2v) is 11.4. The number of aromatic nitrogens is 3. The Morgan fingerprint density at radius 3 is 2.53 bits per heavy atom. The molecule has 0 saturated carbocycles. The third-order valence-corrected chi connectivity index (χ3v) is 7.62. The summed E-state index contributed by atoms with van der Waals surface area (Å²) in [4.78, 5) is 24.4. The maximum Gasteiger partial charge on any atom is 0.416 e. The fourth-order valence-electron chi connectivity index (χ4n) is 5.29. The molecule has 45 heavy (non-hydrogen) atoms. The highest BCUT2D eigenvalue weighted by molar-refractivity contribution is 5.83. The molecule has 0 aliphatic heterocycles. The maximum absolute atomic E-state index is 13.8. The third kappa shape index (κ3) is 9.24. The number of benzene rings is 2. The Morgan fingerprint density at radius 1 is 1.11 bits per heavy atom. The van der Waals surface area contributed by atoms with Crippen molar-refractivity contribution in [1.82, 2.24) is 19.9 Å². The Morgan fingerprint density at radius 2 is 1.87 bits per heavy atom. The Bertz CT molecular complexity index is 1640. The lowest BCUT2D eigenvalue weighted by atomic mass is 9.98. The minimum absolute atomic E-state index is 0.148. The molecule has 2 heterocycles. The number of rotatable bonds is 15. The summed E-state index contributed by atoms with van der Waals surface area (Å²) in [5, 5.41) is 4.15. The van der Waals surface area contributed by atoms with E-state index in [1.165, 1.54) is 4.57 Å². The van der Waals surface area contributed by atoms with Gasteiger partial charge in [-0.15, -0.1) is 0 Å². The normalized spacial score (nSPS) is 13.8. The topological polar surface area (TPSA) is 127 Å². The van der Waals surface area contributed by atoms with E-state index in [1.807, 2.05) is 24.3 Å². The number of nitrogens with one attached hydrogen (secondary N) is 2. The molecule has 0 amide bonds. The fourth-order valence-corrected chi connectivity index (χ4v) is 5.29. The standard InChI is InChI=1S/C33H41F4N7O/c1-3-6-29(41-14-5-13-40-21(2)38)23-9-11-28(12-10-23)44-20-25-18-30(42-31(25)43-32(44)45)24-15-22(7-4-8-27(39)19-34)16-26(17-24)33(35,36)37/h9-12,15-18,20,27,29,41H,3-8,13-14,19,39H2,1-2H3,(H2,38,40)(H,42,43,45). The smallest absolute Gasteiger partial charge is 0.388 e. The molecule has 8 nitrogen and oxygen atoms in total. The second-order valence-electron chi connectivity index (χ2n) is 11.4. The number of aryl methyl sites for hydroxylation is 1. The average Bonchev–Trinajstić information content (AvgIpc) is 3.42. The van der Waals surface area contributed by atoms with E-state index in [-0.39, 0.29) is 11.7 Å². The van der Waals surface area contributed by atoms with Crippen LogP contribution in [0.4, 0.5) is 17.6 Å². The Hall–Kier alpha value is -4.03. The first-order valence-electron chi connectivity index (χ1n) is 15.2. The SMILES string of the molecule is CCCC(NCCCN=C(C)N)c1ccc(-n2cc3cc(-c4cc(CCCC(N)CF)cc(C(F)(F)F)c4)[nH]c3nc2=O)cc1. The summed E-state index contributed by atoms with van der Waals surface area (Å²) in [6.07, 6.45) is 1.03. The van der Waals surface area contributed by atoms with Crippen LogP contribution < -0.4 is 22.5 Å². The first kappa shape index (κ1) is 33.9. The van der Waals surface area contributed by atoms with Crippen LogP contribution in [0.15, 0.2) is 64.5 Å². The van der Waals surface area contributed by atoms with E-state index in [0.29, 0.717) is 59.5 Å². The highest BCUT2D eigenvalue weighted by Gasteiger charge is 2.31. The van der Waals surface area contributed by atoms with Crippen LogP contribution in [0.25, 0.3) is 28.0 Å². The second kappa shape index (κ2) is 15.3. The van der Waals surface area contributed by atoms with Gasteiger partial charge in [0.05, 0.1) is 17.1 Å². The van der Waals surface area contributed by atoms with Crippen LogP contribution in [-0.4, -0.2) is 46.2 Å². The van der Waals surface area contributed by atoms with Crippen molar-refractivity contribution in [3.8, 4) is 16.9 Å². The molecular formula is C33H41F4N7O. The largest absolute Gasteiger partial charge is 0.416 e. The van der Waals surface area contributed by atoms with Gasteiger partial charge in [-0.1, -0.05) is 25.5 Å². The Labute approximate surface area is 260 Å². The number of aromatic amines is 1. The predicted molar refractivity (Wildman–Crippen MR) is 171 cm³/mol. The molecule has 2 aromatic heterocycles. The molecule has 0 aliphatic carbocycles. The van der Waals surface area contributed by atoms with Gasteiger partial charge in [0.25, 0.3) is 0 Å². The van der Waals surface area contributed by atoms with Crippen LogP contribution in [-0.2, 0) is 12.6 Å². The molecule has 0 saturated heterocycles. The zero-order valence-corrected chi connectivity index (χ0v) is 25.6. The van der Waals surface area contributed by atoms with Gasteiger partial charge in [0.1, 0.15) is 12.3 Å². The molecular weight excluding hydrogens is 586 g/mol. The molecule has 4 rings (SSSR count). The summed E-state index contributed by atoms with van der Waals surface area (Å²) < 4.78 is 55.4. The molecule has 6 N–H and O–H groups in total. The van der Waals surface area contributed by atoms with Crippen molar-refractivity contribution >= 4 is 16.9 Å². The highest BCUT2D eigenvalue weighted by atomic mass is 19.4. The van der Waals surface area contributed by atoms with E-state index in [9.17, 15) is 22.4 Å². The molecule has 0 fully saturated rings. The first-order chi connectivity index (χ1) is 21.5. The lowest BCUT2D eigenvalue weighted by Gasteiger charge is -2.19. The number of hydrogen-bond donors (Lipinski definition) is 4. The van der Waals surface area contributed by atoms with Crippen molar-refractivity contribution in [3.05, 3.63) is 81.9 Å². The van der Waals surface area contributed by atoms with Gasteiger partial charge >= 0.3 is 11.9 Å². The molecule has 2 unspecified atom stereocenters. The van der Waals surface area contributed by atoms with E-state index in [4.69, 9.17) is 11.5 Å². The maximum atomic E-state index is 13.8. The summed E-state index contributed by atoms with van der Waals surface area (Å²) in [6.45, 7) is 4.68. The van der Waals surface area contributed by atoms with Crippen molar-refractivity contribution in [2.75, 3.05) is 19.8 Å². The monoisotopic (exact) mass is 627 g/mol. The van der Waals surface area contributed by atoms with Crippen LogP contribution in [0.3, 0.4) is 0 Å². The number of hydrogen-bond acceptors (Lipinski definition) is 5. The summed E-state index contributed by atoms with van der Waals surface area (Å²) in [5.41, 5.74) is 13.1. The van der Waals surface area contributed by atoms with Gasteiger partial charge in [0, 0.05) is 35.9 Å². The summed E-state index contributed by atoms with van der Waals surface area (Å²) in [6, 6.07) is 12.7. The molecule has 0 radical (unpaired) electrons. The van der Waals surface area contributed by atoms with Crippen LogP contribution in [0.1, 0.15) is 68.7 Å². The summed E-state index contributed by atoms with van der Waals surface area (Å²) in [7, 11) is 0. The van der Waals surface area contributed by atoms with Crippen molar-refractivity contribution in [1.29, 1.82) is 0 Å². The predicted octanol–water partition coefficient (Wildman–Crippen LogP) is 6.22.